The standard InChI is InChI=1S/C17H18FN3O2/c1-12(22)21-10-4-5-13(11-21)16-17(20-9-8-19-16)23-15-7-3-2-6-14(15)18/h2-3,6-9,13H,4-5,10-11H2,1H3. The fraction of sp³-hybridized carbons (Fsp3) is 0.353. The Kier molecular flexibility index (Phi) is 4.50. The quantitative estimate of drug-likeness (QED) is 0.873. The maximum absolute atomic E-state index is 13.8. The van der Waals surface area contributed by atoms with Gasteiger partial charge in [0.25, 0.3) is 0 Å². The summed E-state index contributed by atoms with van der Waals surface area (Å²) in [5, 5.41) is 0. The largest absolute Gasteiger partial charge is 0.434 e. The van der Waals surface area contributed by atoms with Crippen LogP contribution in [-0.4, -0.2) is 33.9 Å². The molecule has 0 N–H and O–H groups in total. The maximum Gasteiger partial charge on any atom is 0.241 e. The van der Waals surface area contributed by atoms with Crippen LogP contribution < -0.4 is 4.74 Å². The molecule has 1 amide bonds. The van der Waals surface area contributed by atoms with E-state index in [4.69, 9.17) is 4.74 Å². The van der Waals surface area contributed by atoms with Crippen LogP contribution in [0.5, 0.6) is 11.6 Å². The van der Waals surface area contributed by atoms with Gasteiger partial charge in [0.15, 0.2) is 11.6 Å². The number of aromatic nitrogens is 2. The number of amides is 1. The van der Waals surface area contributed by atoms with Gasteiger partial charge in [0.05, 0.1) is 0 Å². The number of hydrogen-bond acceptors (Lipinski definition) is 4. The third-order valence-corrected chi connectivity index (χ3v) is 3.99. The van der Waals surface area contributed by atoms with E-state index < -0.39 is 5.82 Å². The number of hydrogen-bond donors (Lipinski definition) is 0. The second-order valence-electron chi connectivity index (χ2n) is 5.58. The van der Waals surface area contributed by atoms with Crippen molar-refractivity contribution in [1.82, 2.24) is 14.9 Å². The van der Waals surface area contributed by atoms with E-state index in [0.717, 1.165) is 19.4 Å². The molecule has 5 nitrogen and oxygen atoms in total. The molecule has 3 rings (SSSR count). The minimum Gasteiger partial charge on any atom is -0.434 e. The lowest BCUT2D eigenvalue weighted by molar-refractivity contribution is -0.130. The van der Waals surface area contributed by atoms with Gasteiger partial charge in [0.1, 0.15) is 5.69 Å². The summed E-state index contributed by atoms with van der Waals surface area (Å²) in [6.45, 7) is 2.91. The monoisotopic (exact) mass is 315 g/mol. The number of piperidine rings is 1. The summed E-state index contributed by atoms with van der Waals surface area (Å²) in [5.41, 5.74) is 0.668. The van der Waals surface area contributed by atoms with Gasteiger partial charge in [0, 0.05) is 38.3 Å². The van der Waals surface area contributed by atoms with Crippen molar-refractivity contribution in [1.29, 1.82) is 0 Å². The Morgan fingerprint density at radius 1 is 1.30 bits per heavy atom. The first-order valence-corrected chi connectivity index (χ1v) is 7.64. The molecule has 2 aromatic rings. The Balaban J connectivity index is 1.86. The molecule has 1 fully saturated rings. The van der Waals surface area contributed by atoms with Gasteiger partial charge in [-0.25, -0.2) is 9.37 Å². The molecule has 1 saturated heterocycles. The fourth-order valence-corrected chi connectivity index (χ4v) is 2.81. The van der Waals surface area contributed by atoms with Crippen molar-refractivity contribution in [3.8, 4) is 11.6 Å². The van der Waals surface area contributed by atoms with Crippen molar-refractivity contribution in [2.24, 2.45) is 0 Å². The molecule has 23 heavy (non-hydrogen) atoms. The van der Waals surface area contributed by atoms with E-state index in [1.54, 1.807) is 36.2 Å². The van der Waals surface area contributed by atoms with Crippen LogP contribution in [0.15, 0.2) is 36.7 Å². The Morgan fingerprint density at radius 2 is 2.09 bits per heavy atom. The lowest BCUT2D eigenvalue weighted by Crippen LogP contribution is -2.38. The summed E-state index contributed by atoms with van der Waals surface area (Å²) in [6.07, 6.45) is 4.91. The number of carbonyl (C=O) groups is 1. The van der Waals surface area contributed by atoms with Crippen LogP contribution in [0, 0.1) is 5.82 Å². The normalized spacial score (nSPS) is 17.8. The molecule has 0 saturated carbocycles. The number of carbonyl (C=O) groups excluding carboxylic acids is 1. The summed E-state index contributed by atoms with van der Waals surface area (Å²) < 4.78 is 19.4. The van der Waals surface area contributed by atoms with Gasteiger partial charge in [-0.2, -0.15) is 0 Å². The molecule has 120 valence electrons. The fourth-order valence-electron chi connectivity index (χ4n) is 2.81. The van der Waals surface area contributed by atoms with Gasteiger partial charge in [0.2, 0.25) is 11.8 Å². The first kappa shape index (κ1) is 15.4. The number of para-hydroxylation sites is 1. The van der Waals surface area contributed by atoms with Crippen LogP contribution in [0.25, 0.3) is 0 Å². The smallest absolute Gasteiger partial charge is 0.241 e. The van der Waals surface area contributed by atoms with Gasteiger partial charge in [-0.15, -0.1) is 0 Å². The lowest BCUT2D eigenvalue weighted by atomic mass is 9.94. The molecule has 1 aliphatic rings. The molecular weight excluding hydrogens is 297 g/mol. The topological polar surface area (TPSA) is 55.3 Å². The van der Waals surface area contributed by atoms with E-state index in [1.165, 1.54) is 12.3 Å². The van der Waals surface area contributed by atoms with Crippen molar-refractivity contribution in [2.75, 3.05) is 13.1 Å². The van der Waals surface area contributed by atoms with Gasteiger partial charge in [-0.05, 0) is 25.0 Å². The SMILES string of the molecule is CC(=O)N1CCCC(c2nccnc2Oc2ccccc2F)C1. The summed E-state index contributed by atoms with van der Waals surface area (Å²) in [7, 11) is 0. The van der Waals surface area contributed by atoms with Gasteiger partial charge >= 0.3 is 0 Å². The van der Waals surface area contributed by atoms with E-state index in [-0.39, 0.29) is 17.6 Å². The van der Waals surface area contributed by atoms with E-state index >= 15 is 0 Å². The second-order valence-corrected chi connectivity index (χ2v) is 5.58. The molecule has 1 aromatic heterocycles. The zero-order chi connectivity index (χ0) is 16.2. The number of nitrogens with zero attached hydrogens (tertiary/aromatic N) is 3. The zero-order valence-corrected chi connectivity index (χ0v) is 12.9. The van der Waals surface area contributed by atoms with Crippen molar-refractivity contribution in [3.05, 3.63) is 48.2 Å². The molecule has 0 radical (unpaired) electrons. The van der Waals surface area contributed by atoms with Gasteiger partial charge in [-0.1, -0.05) is 12.1 Å². The summed E-state index contributed by atoms with van der Waals surface area (Å²) in [5.74, 6) is 0.0675. The highest BCUT2D eigenvalue weighted by Crippen LogP contribution is 2.33. The third-order valence-electron chi connectivity index (χ3n) is 3.99. The molecule has 1 atom stereocenters. The molecule has 0 aliphatic carbocycles. The molecule has 0 spiro atoms. The Labute approximate surface area is 134 Å². The van der Waals surface area contributed by atoms with Crippen molar-refractivity contribution in [2.45, 2.75) is 25.7 Å². The minimum absolute atomic E-state index is 0.0446. The Morgan fingerprint density at radius 3 is 2.87 bits per heavy atom. The van der Waals surface area contributed by atoms with Crippen LogP contribution in [0.3, 0.4) is 0 Å². The first-order valence-electron chi connectivity index (χ1n) is 7.64. The van der Waals surface area contributed by atoms with Crippen molar-refractivity contribution < 1.29 is 13.9 Å². The predicted octanol–water partition coefficient (Wildman–Crippen LogP) is 3.13. The van der Waals surface area contributed by atoms with Crippen LogP contribution >= 0.6 is 0 Å². The van der Waals surface area contributed by atoms with Gasteiger partial charge in [-0.3, -0.25) is 9.78 Å². The molecule has 2 heterocycles. The highest BCUT2D eigenvalue weighted by molar-refractivity contribution is 5.73. The average molecular weight is 315 g/mol. The van der Waals surface area contributed by atoms with Crippen molar-refractivity contribution in [3.63, 3.8) is 0 Å². The van der Waals surface area contributed by atoms with Crippen LogP contribution in [0.2, 0.25) is 0 Å². The average Bonchev–Trinajstić information content (AvgIpc) is 2.57. The molecule has 6 heteroatoms. The second kappa shape index (κ2) is 6.73. The summed E-state index contributed by atoms with van der Waals surface area (Å²) in [6, 6.07) is 6.19. The van der Waals surface area contributed by atoms with Crippen LogP contribution in [0.1, 0.15) is 31.4 Å². The highest BCUT2D eigenvalue weighted by atomic mass is 19.1. The van der Waals surface area contributed by atoms with E-state index in [9.17, 15) is 9.18 Å². The van der Waals surface area contributed by atoms with E-state index in [2.05, 4.69) is 9.97 Å². The number of likely N-dealkylation sites (tertiary alicyclic amines) is 1. The number of rotatable bonds is 3. The van der Waals surface area contributed by atoms with Crippen LogP contribution in [0.4, 0.5) is 4.39 Å². The maximum atomic E-state index is 13.8. The molecule has 1 aliphatic heterocycles. The Hall–Kier alpha value is -2.50. The lowest BCUT2D eigenvalue weighted by Gasteiger charge is -2.32. The number of benzene rings is 1. The van der Waals surface area contributed by atoms with E-state index in [1.807, 2.05) is 0 Å². The molecule has 1 unspecified atom stereocenters. The van der Waals surface area contributed by atoms with Crippen LogP contribution in [-0.2, 0) is 4.79 Å². The Bertz CT molecular complexity index is 708. The predicted molar refractivity (Wildman–Crippen MR) is 82.7 cm³/mol. The minimum atomic E-state index is -0.446. The van der Waals surface area contributed by atoms with Gasteiger partial charge < -0.3 is 9.64 Å². The first-order chi connectivity index (χ1) is 11.1. The molecule has 1 aromatic carbocycles. The van der Waals surface area contributed by atoms with Crippen molar-refractivity contribution >= 4 is 5.91 Å². The molecular formula is C17H18FN3O2. The summed E-state index contributed by atoms with van der Waals surface area (Å²) >= 11 is 0. The number of ether oxygens (including phenoxy) is 1. The highest BCUT2D eigenvalue weighted by Gasteiger charge is 2.27. The molecule has 0 bridgehead atoms. The zero-order valence-electron chi connectivity index (χ0n) is 12.9. The van der Waals surface area contributed by atoms with E-state index in [0.29, 0.717) is 18.1 Å². The third kappa shape index (κ3) is 3.47. The summed E-state index contributed by atoms with van der Waals surface area (Å²) in [4.78, 5) is 22.0. The number of halogens is 1.